The van der Waals surface area contributed by atoms with Crippen LogP contribution in [0.15, 0.2) is 24.3 Å². The first-order valence-electron chi connectivity index (χ1n) is 10.4. The van der Waals surface area contributed by atoms with E-state index in [-0.39, 0.29) is 12.4 Å². The van der Waals surface area contributed by atoms with Crippen molar-refractivity contribution >= 4 is 0 Å². The summed E-state index contributed by atoms with van der Waals surface area (Å²) in [5.41, 5.74) is -3.23. The number of unbranched alkanes of at least 4 members (excludes halogenated alkanes) is 1. The molecular formula is C21H21F15O2. The molecule has 1 aromatic carbocycles. The quantitative estimate of drug-likeness (QED) is 0.170. The third-order valence-electron chi connectivity index (χ3n) is 5.61. The summed E-state index contributed by atoms with van der Waals surface area (Å²) in [5.74, 6) is -46.9. The van der Waals surface area contributed by atoms with E-state index in [1.54, 1.807) is 6.92 Å². The van der Waals surface area contributed by atoms with Gasteiger partial charge in [-0.2, -0.15) is 65.9 Å². The Morgan fingerprint density at radius 3 is 1.61 bits per heavy atom. The molecule has 2 nitrogen and oxygen atoms in total. The van der Waals surface area contributed by atoms with E-state index in [0.29, 0.717) is 26.9 Å². The van der Waals surface area contributed by atoms with Crippen LogP contribution in [0, 0.1) is 0 Å². The highest BCUT2D eigenvalue weighted by molar-refractivity contribution is 5.33. The molecule has 0 aliphatic heterocycles. The minimum atomic E-state index is -8.33. The minimum absolute atomic E-state index is 0.0554. The van der Waals surface area contributed by atoms with E-state index in [0.717, 1.165) is 18.2 Å². The SMILES string of the molecule is CCCCOc1cccc(C(C)(CC(F)(F)C(F)(F)C(F)(F)C(F)(F)C(F)(F)C(F)(F)C(F)(F)F)OC)c1. The highest BCUT2D eigenvalue weighted by Crippen LogP contribution is 2.63. The monoisotopic (exact) mass is 590 g/mol. The maximum atomic E-state index is 14.5. The van der Waals surface area contributed by atoms with Gasteiger partial charge in [0.05, 0.1) is 18.6 Å². The molecule has 1 rings (SSSR count). The summed E-state index contributed by atoms with van der Waals surface area (Å²) >= 11 is 0. The summed E-state index contributed by atoms with van der Waals surface area (Å²) < 4.78 is 212. The fraction of sp³-hybridized carbons (Fsp3) is 0.714. The first-order chi connectivity index (χ1) is 16.8. The standard InChI is InChI=1S/C21H21F15O2/c1-4-5-9-38-13-8-6-7-12(10-13)14(2,37-3)11-15(22,23)16(24,25)17(26,27)18(28,29)19(30,31)20(32,33)21(34,35)36/h6-8,10H,4-5,9,11H2,1-3H3. The molecule has 0 aliphatic carbocycles. The van der Waals surface area contributed by atoms with Gasteiger partial charge in [-0.05, 0) is 31.0 Å². The Morgan fingerprint density at radius 1 is 0.684 bits per heavy atom. The van der Waals surface area contributed by atoms with Gasteiger partial charge in [-0.3, -0.25) is 0 Å². The van der Waals surface area contributed by atoms with E-state index in [1.165, 1.54) is 6.07 Å². The van der Waals surface area contributed by atoms with Crippen LogP contribution in [0.25, 0.3) is 0 Å². The molecule has 0 spiro atoms. The maximum absolute atomic E-state index is 14.5. The Kier molecular flexibility index (Phi) is 9.37. The van der Waals surface area contributed by atoms with Gasteiger partial charge in [0.1, 0.15) is 5.75 Å². The lowest BCUT2D eigenvalue weighted by molar-refractivity contribution is -0.453. The summed E-state index contributed by atoms with van der Waals surface area (Å²) in [6.45, 7) is 2.46. The van der Waals surface area contributed by atoms with Crippen LogP contribution >= 0.6 is 0 Å². The molecule has 0 aliphatic rings. The van der Waals surface area contributed by atoms with Crippen molar-refractivity contribution in [2.24, 2.45) is 0 Å². The number of ether oxygens (including phenoxy) is 2. The predicted molar refractivity (Wildman–Crippen MR) is 102 cm³/mol. The van der Waals surface area contributed by atoms with E-state index in [1.807, 2.05) is 0 Å². The van der Waals surface area contributed by atoms with Crippen LogP contribution < -0.4 is 4.74 Å². The molecule has 0 saturated carbocycles. The van der Waals surface area contributed by atoms with Crippen LogP contribution in [0.5, 0.6) is 5.75 Å². The van der Waals surface area contributed by atoms with Crippen LogP contribution in [0.4, 0.5) is 65.9 Å². The summed E-state index contributed by atoms with van der Waals surface area (Å²) in [6, 6.07) is 4.25. The van der Waals surface area contributed by atoms with Crippen molar-refractivity contribution in [3.63, 3.8) is 0 Å². The number of benzene rings is 1. The number of methoxy groups -OCH3 is 1. The molecule has 0 radical (unpaired) electrons. The number of rotatable bonds is 13. The molecular weight excluding hydrogens is 569 g/mol. The molecule has 38 heavy (non-hydrogen) atoms. The lowest BCUT2D eigenvalue weighted by atomic mass is 9.83. The summed E-state index contributed by atoms with van der Waals surface area (Å²) in [7, 11) is 0.601. The maximum Gasteiger partial charge on any atom is 0.460 e. The van der Waals surface area contributed by atoms with E-state index >= 15 is 0 Å². The van der Waals surface area contributed by atoms with Gasteiger partial charge in [0.25, 0.3) is 0 Å². The van der Waals surface area contributed by atoms with Crippen molar-refractivity contribution < 1.29 is 75.3 Å². The number of halogens is 15. The Bertz CT molecular complexity index is 943. The summed E-state index contributed by atoms with van der Waals surface area (Å²) in [5, 5.41) is 0. The second-order valence-electron chi connectivity index (χ2n) is 8.42. The van der Waals surface area contributed by atoms with Crippen LogP contribution in [-0.4, -0.2) is 55.4 Å². The molecule has 1 atom stereocenters. The molecule has 1 unspecified atom stereocenters. The van der Waals surface area contributed by atoms with E-state index in [2.05, 4.69) is 4.74 Å². The Balaban J connectivity index is 3.52. The molecule has 0 aromatic heterocycles. The normalized spacial score (nSPS) is 16.4. The zero-order chi connectivity index (χ0) is 30.2. The predicted octanol–water partition coefficient (Wildman–Crippen LogP) is 8.49. The van der Waals surface area contributed by atoms with Crippen LogP contribution in [0.3, 0.4) is 0 Å². The van der Waals surface area contributed by atoms with Crippen LogP contribution in [-0.2, 0) is 10.3 Å². The van der Waals surface area contributed by atoms with E-state index < -0.39 is 59.3 Å². The molecule has 0 bridgehead atoms. The van der Waals surface area contributed by atoms with Gasteiger partial charge in [0.2, 0.25) is 0 Å². The van der Waals surface area contributed by atoms with Gasteiger partial charge in [-0.25, -0.2) is 0 Å². The average Bonchev–Trinajstić information content (AvgIpc) is 2.77. The Labute approximate surface area is 206 Å². The minimum Gasteiger partial charge on any atom is -0.494 e. The Morgan fingerprint density at radius 2 is 1.16 bits per heavy atom. The lowest BCUT2D eigenvalue weighted by Gasteiger charge is -2.43. The van der Waals surface area contributed by atoms with Crippen LogP contribution in [0.1, 0.15) is 38.7 Å². The second kappa shape index (κ2) is 10.5. The van der Waals surface area contributed by atoms with Gasteiger partial charge in [-0.1, -0.05) is 25.5 Å². The molecule has 17 heteroatoms. The lowest BCUT2D eigenvalue weighted by Crippen LogP contribution is -2.72. The molecule has 222 valence electrons. The van der Waals surface area contributed by atoms with Crippen molar-refractivity contribution in [3.8, 4) is 5.75 Å². The molecule has 0 heterocycles. The summed E-state index contributed by atoms with van der Waals surface area (Å²) in [6.07, 6.45) is -9.12. The topological polar surface area (TPSA) is 18.5 Å². The molecule has 0 saturated heterocycles. The number of alkyl halides is 15. The van der Waals surface area contributed by atoms with Crippen molar-refractivity contribution in [1.82, 2.24) is 0 Å². The Hall–Kier alpha value is -2.07. The average molecular weight is 590 g/mol. The van der Waals surface area contributed by atoms with Crippen molar-refractivity contribution in [1.29, 1.82) is 0 Å². The zero-order valence-electron chi connectivity index (χ0n) is 19.6. The highest BCUT2D eigenvalue weighted by Gasteiger charge is 2.93. The van der Waals surface area contributed by atoms with Gasteiger partial charge in [0.15, 0.2) is 0 Å². The third kappa shape index (κ3) is 5.48. The van der Waals surface area contributed by atoms with Crippen molar-refractivity contribution in [2.45, 2.75) is 80.4 Å². The second-order valence-corrected chi connectivity index (χ2v) is 8.42. The molecule has 0 fully saturated rings. The smallest absolute Gasteiger partial charge is 0.460 e. The largest absolute Gasteiger partial charge is 0.494 e. The molecule has 0 N–H and O–H groups in total. The van der Waals surface area contributed by atoms with Crippen molar-refractivity contribution in [2.75, 3.05) is 13.7 Å². The fourth-order valence-corrected chi connectivity index (χ4v) is 3.08. The van der Waals surface area contributed by atoms with Gasteiger partial charge >= 0.3 is 41.7 Å². The highest BCUT2D eigenvalue weighted by atomic mass is 19.4. The van der Waals surface area contributed by atoms with E-state index in [4.69, 9.17) is 4.74 Å². The van der Waals surface area contributed by atoms with E-state index in [9.17, 15) is 65.9 Å². The van der Waals surface area contributed by atoms with Crippen LogP contribution in [0.2, 0.25) is 0 Å². The number of hydrogen-bond acceptors (Lipinski definition) is 2. The fourth-order valence-electron chi connectivity index (χ4n) is 3.08. The third-order valence-corrected chi connectivity index (χ3v) is 5.61. The molecule has 1 aromatic rings. The van der Waals surface area contributed by atoms with Gasteiger partial charge < -0.3 is 9.47 Å². The number of hydrogen-bond donors (Lipinski definition) is 0. The summed E-state index contributed by atoms with van der Waals surface area (Å²) in [4.78, 5) is 0. The molecule has 0 amide bonds. The first-order valence-corrected chi connectivity index (χ1v) is 10.4. The van der Waals surface area contributed by atoms with Gasteiger partial charge in [0, 0.05) is 7.11 Å². The van der Waals surface area contributed by atoms with Gasteiger partial charge in [-0.15, -0.1) is 0 Å². The first kappa shape index (κ1) is 34.0. The van der Waals surface area contributed by atoms with Crippen molar-refractivity contribution in [3.05, 3.63) is 29.8 Å². The zero-order valence-corrected chi connectivity index (χ0v) is 19.6.